The second-order valence-corrected chi connectivity index (χ2v) is 6.63. The molecule has 108 valence electrons. The number of ether oxygens (including phenoxy) is 1. The maximum atomic E-state index is 12.7. The van der Waals surface area contributed by atoms with Gasteiger partial charge in [-0.1, -0.05) is 19.8 Å². The molecular formula is C16H27NO2. The first kappa shape index (κ1) is 13.4. The maximum absolute atomic E-state index is 12.7. The average Bonchev–Trinajstić information content (AvgIpc) is 2.97. The summed E-state index contributed by atoms with van der Waals surface area (Å²) < 4.78 is 5.84. The van der Waals surface area contributed by atoms with Gasteiger partial charge in [0, 0.05) is 13.1 Å². The zero-order valence-electron chi connectivity index (χ0n) is 12.1. The Morgan fingerprint density at radius 1 is 1.21 bits per heavy atom. The molecule has 0 aromatic heterocycles. The van der Waals surface area contributed by atoms with E-state index in [2.05, 4.69) is 11.8 Å². The zero-order chi connectivity index (χ0) is 13.2. The third-order valence-corrected chi connectivity index (χ3v) is 5.28. The molecule has 3 rings (SSSR count). The van der Waals surface area contributed by atoms with Gasteiger partial charge in [0.05, 0.1) is 18.1 Å². The minimum atomic E-state index is 0.182. The molecular weight excluding hydrogens is 238 g/mol. The lowest BCUT2D eigenvalue weighted by Crippen LogP contribution is -2.40. The van der Waals surface area contributed by atoms with E-state index in [9.17, 15) is 4.79 Å². The summed E-state index contributed by atoms with van der Waals surface area (Å²) in [4.78, 5) is 14.8. The van der Waals surface area contributed by atoms with Crippen molar-refractivity contribution in [1.82, 2.24) is 4.90 Å². The first-order chi connectivity index (χ1) is 9.28. The van der Waals surface area contributed by atoms with Gasteiger partial charge in [-0.3, -0.25) is 4.79 Å². The van der Waals surface area contributed by atoms with Gasteiger partial charge in [0.15, 0.2) is 0 Å². The second kappa shape index (κ2) is 5.82. The Balaban J connectivity index is 1.55. The van der Waals surface area contributed by atoms with Crippen molar-refractivity contribution in [2.45, 2.75) is 70.5 Å². The van der Waals surface area contributed by atoms with Crippen molar-refractivity contribution in [1.29, 1.82) is 0 Å². The van der Waals surface area contributed by atoms with Crippen LogP contribution in [0.1, 0.15) is 58.3 Å². The smallest absolute Gasteiger partial charge is 0.228 e. The van der Waals surface area contributed by atoms with Gasteiger partial charge in [0.1, 0.15) is 0 Å². The van der Waals surface area contributed by atoms with Crippen LogP contribution in [0.3, 0.4) is 0 Å². The summed E-state index contributed by atoms with van der Waals surface area (Å²) >= 11 is 0. The van der Waals surface area contributed by atoms with Crippen LogP contribution in [0.25, 0.3) is 0 Å². The highest BCUT2D eigenvalue weighted by molar-refractivity contribution is 5.80. The van der Waals surface area contributed by atoms with Crippen molar-refractivity contribution in [3.05, 3.63) is 0 Å². The van der Waals surface area contributed by atoms with Gasteiger partial charge in [0.25, 0.3) is 0 Å². The topological polar surface area (TPSA) is 29.5 Å². The summed E-state index contributed by atoms with van der Waals surface area (Å²) in [6.07, 6.45) is 10.2. The third-order valence-electron chi connectivity index (χ3n) is 5.28. The van der Waals surface area contributed by atoms with Crippen LogP contribution in [0.2, 0.25) is 0 Å². The van der Waals surface area contributed by atoms with E-state index in [-0.39, 0.29) is 12.0 Å². The summed E-state index contributed by atoms with van der Waals surface area (Å²) in [6.45, 7) is 4.23. The van der Waals surface area contributed by atoms with Crippen molar-refractivity contribution < 1.29 is 9.53 Å². The molecule has 3 nitrogen and oxygen atoms in total. The molecule has 3 heteroatoms. The van der Waals surface area contributed by atoms with E-state index in [1.165, 1.54) is 38.5 Å². The lowest BCUT2D eigenvalue weighted by Gasteiger charge is -2.27. The molecule has 3 saturated heterocycles. The lowest BCUT2D eigenvalue weighted by molar-refractivity contribution is -0.137. The molecule has 1 amide bonds. The third kappa shape index (κ3) is 2.81. The number of nitrogens with zero attached hydrogens (tertiary/aromatic N) is 1. The second-order valence-electron chi connectivity index (χ2n) is 6.63. The predicted molar refractivity (Wildman–Crippen MR) is 74.8 cm³/mol. The normalized spacial score (nSPS) is 38.5. The standard InChI is InChI=1S/C16H27NO2/c1-2-4-12-5-3-9-17(10-8-12)16(18)14-11-13-6-7-15(14)19-13/h12-15H,2-11H2,1H3/t12-,13+,14-,15+/m0/s1. The molecule has 4 atom stereocenters. The number of fused-ring (bicyclic) bond motifs is 2. The maximum Gasteiger partial charge on any atom is 0.228 e. The van der Waals surface area contributed by atoms with E-state index in [4.69, 9.17) is 4.74 Å². The quantitative estimate of drug-likeness (QED) is 0.785. The highest BCUT2D eigenvalue weighted by Gasteiger charge is 2.45. The SMILES string of the molecule is CCC[C@H]1CCCN(C(=O)[C@H]2C[C@H]3CC[C@H]2O3)CC1. The molecule has 0 radical (unpaired) electrons. The van der Waals surface area contributed by atoms with Gasteiger partial charge in [-0.2, -0.15) is 0 Å². The van der Waals surface area contributed by atoms with Gasteiger partial charge in [0.2, 0.25) is 5.91 Å². The van der Waals surface area contributed by atoms with E-state index in [1.54, 1.807) is 0 Å². The predicted octanol–water partition coefficient (Wildman–Crippen LogP) is 2.98. The number of likely N-dealkylation sites (tertiary alicyclic amines) is 1. The van der Waals surface area contributed by atoms with Gasteiger partial charge in [-0.25, -0.2) is 0 Å². The van der Waals surface area contributed by atoms with E-state index < -0.39 is 0 Å². The van der Waals surface area contributed by atoms with Crippen molar-refractivity contribution >= 4 is 5.91 Å². The Morgan fingerprint density at radius 2 is 2.11 bits per heavy atom. The number of hydrogen-bond donors (Lipinski definition) is 0. The van der Waals surface area contributed by atoms with Gasteiger partial charge >= 0.3 is 0 Å². The van der Waals surface area contributed by atoms with Crippen molar-refractivity contribution in [2.24, 2.45) is 11.8 Å². The fourth-order valence-corrected chi connectivity index (χ4v) is 4.21. The van der Waals surface area contributed by atoms with Crippen LogP contribution >= 0.6 is 0 Å². The van der Waals surface area contributed by atoms with Crippen LogP contribution in [-0.4, -0.2) is 36.1 Å². The number of carbonyl (C=O) groups is 1. The highest BCUT2D eigenvalue weighted by Crippen LogP contribution is 2.40. The average molecular weight is 265 g/mol. The summed E-state index contributed by atoms with van der Waals surface area (Å²) in [5.41, 5.74) is 0. The molecule has 0 spiro atoms. The Labute approximate surface area is 116 Å². The highest BCUT2D eigenvalue weighted by atomic mass is 16.5. The first-order valence-corrected chi connectivity index (χ1v) is 8.22. The minimum Gasteiger partial charge on any atom is -0.374 e. The fraction of sp³-hybridized carbons (Fsp3) is 0.938. The van der Waals surface area contributed by atoms with E-state index in [0.717, 1.165) is 31.8 Å². The van der Waals surface area contributed by atoms with Crippen LogP contribution in [0, 0.1) is 11.8 Å². The van der Waals surface area contributed by atoms with Gasteiger partial charge in [-0.15, -0.1) is 0 Å². The molecule has 0 aromatic carbocycles. The minimum absolute atomic E-state index is 0.182. The van der Waals surface area contributed by atoms with Crippen LogP contribution in [0.4, 0.5) is 0 Å². The van der Waals surface area contributed by atoms with Gasteiger partial charge in [-0.05, 0) is 44.4 Å². The number of amides is 1. The molecule has 3 heterocycles. The largest absolute Gasteiger partial charge is 0.374 e. The van der Waals surface area contributed by atoms with Crippen molar-refractivity contribution in [2.75, 3.05) is 13.1 Å². The summed E-state index contributed by atoms with van der Waals surface area (Å²) in [5, 5.41) is 0. The molecule has 0 N–H and O–H groups in total. The Kier molecular flexibility index (Phi) is 4.11. The number of carbonyl (C=O) groups excluding carboxylic acids is 1. The molecule has 2 bridgehead atoms. The summed E-state index contributed by atoms with van der Waals surface area (Å²) in [5.74, 6) is 1.42. The van der Waals surface area contributed by atoms with Crippen molar-refractivity contribution in [3.63, 3.8) is 0 Å². The molecule has 0 aliphatic carbocycles. The molecule has 3 fully saturated rings. The van der Waals surface area contributed by atoms with Crippen LogP contribution < -0.4 is 0 Å². The fourth-order valence-electron chi connectivity index (χ4n) is 4.21. The monoisotopic (exact) mass is 265 g/mol. The lowest BCUT2D eigenvalue weighted by atomic mass is 9.88. The van der Waals surface area contributed by atoms with Crippen LogP contribution in [0.5, 0.6) is 0 Å². The van der Waals surface area contributed by atoms with E-state index >= 15 is 0 Å². The number of rotatable bonds is 3. The van der Waals surface area contributed by atoms with Crippen molar-refractivity contribution in [3.8, 4) is 0 Å². The molecule has 3 aliphatic rings. The molecule has 0 unspecified atom stereocenters. The molecule has 0 aromatic rings. The zero-order valence-corrected chi connectivity index (χ0v) is 12.1. The Bertz CT molecular complexity index is 331. The summed E-state index contributed by atoms with van der Waals surface area (Å²) in [6, 6.07) is 0. The van der Waals surface area contributed by atoms with Crippen LogP contribution in [-0.2, 0) is 9.53 Å². The van der Waals surface area contributed by atoms with E-state index in [1.807, 2.05) is 0 Å². The number of hydrogen-bond acceptors (Lipinski definition) is 2. The summed E-state index contributed by atoms with van der Waals surface area (Å²) in [7, 11) is 0. The Hall–Kier alpha value is -0.570. The first-order valence-electron chi connectivity index (χ1n) is 8.22. The molecule has 0 saturated carbocycles. The molecule has 19 heavy (non-hydrogen) atoms. The van der Waals surface area contributed by atoms with Gasteiger partial charge < -0.3 is 9.64 Å². The van der Waals surface area contributed by atoms with E-state index in [0.29, 0.717) is 12.0 Å². The molecule has 3 aliphatic heterocycles. The van der Waals surface area contributed by atoms with Crippen LogP contribution in [0.15, 0.2) is 0 Å². The Morgan fingerprint density at radius 3 is 2.79 bits per heavy atom.